The SMILES string of the molecule is CC1CCCCN1c1nc(Cl)nc2scc(-c3ccc(Cl)cc3)c12. The molecule has 0 radical (unpaired) electrons. The second kappa shape index (κ2) is 6.51. The van der Waals surface area contributed by atoms with Crippen LogP contribution in [0.1, 0.15) is 26.2 Å². The first kappa shape index (κ1) is 16.1. The van der Waals surface area contributed by atoms with Crippen molar-refractivity contribution in [1.82, 2.24) is 9.97 Å². The van der Waals surface area contributed by atoms with Gasteiger partial charge >= 0.3 is 0 Å². The van der Waals surface area contributed by atoms with Crippen molar-refractivity contribution >= 4 is 50.6 Å². The summed E-state index contributed by atoms with van der Waals surface area (Å²) in [6, 6.07) is 8.38. The normalized spacial score (nSPS) is 18.3. The quantitative estimate of drug-likeness (QED) is 0.509. The maximum absolute atomic E-state index is 6.21. The molecule has 3 aromatic rings. The summed E-state index contributed by atoms with van der Waals surface area (Å²) in [7, 11) is 0. The van der Waals surface area contributed by atoms with E-state index in [1.165, 1.54) is 19.3 Å². The second-order valence-electron chi connectivity index (χ2n) is 6.19. The summed E-state index contributed by atoms with van der Waals surface area (Å²) in [5.74, 6) is 0.961. The smallest absolute Gasteiger partial charge is 0.225 e. The Morgan fingerprint density at radius 2 is 1.92 bits per heavy atom. The van der Waals surface area contributed by atoms with Crippen LogP contribution in [0.3, 0.4) is 0 Å². The number of thiophene rings is 1. The molecule has 1 saturated heterocycles. The van der Waals surface area contributed by atoms with E-state index in [9.17, 15) is 0 Å². The van der Waals surface area contributed by atoms with Gasteiger partial charge in [-0.15, -0.1) is 11.3 Å². The summed E-state index contributed by atoms with van der Waals surface area (Å²) < 4.78 is 0. The lowest BCUT2D eigenvalue weighted by Gasteiger charge is -2.35. The predicted molar refractivity (Wildman–Crippen MR) is 104 cm³/mol. The molecule has 124 valence electrons. The van der Waals surface area contributed by atoms with Gasteiger partial charge in [0.15, 0.2) is 0 Å². The molecule has 3 heterocycles. The van der Waals surface area contributed by atoms with Gasteiger partial charge in [-0.25, -0.2) is 4.98 Å². The molecule has 1 unspecified atom stereocenters. The zero-order chi connectivity index (χ0) is 16.7. The Morgan fingerprint density at radius 1 is 1.12 bits per heavy atom. The lowest BCUT2D eigenvalue weighted by molar-refractivity contribution is 0.482. The highest BCUT2D eigenvalue weighted by Crippen LogP contribution is 2.40. The molecule has 1 aliphatic rings. The molecular formula is C18H17Cl2N3S. The van der Waals surface area contributed by atoms with E-state index in [1.807, 2.05) is 24.3 Å². The third kappa shape index (κ3) is 2.87. The molecule has 0 amide bonds. The summed E-state index contributed by atoms with van der Waals surface area (Å²) in [6.07, 6.45) is 3.64. The molecular weight excluding hydrogens is 361 g/mol. The number of rotatable bonds is 2. The molecule has 0 saturated carbocycles. The number of fused-ring (bicyclic) bond motifs is 1. The molecule has 1 aliphatic heterocycles. The number of anilines is 1. The standard InChI is InChI=1S/C18H17Cl2N3S/c1-11-4-2-3-9-23(11)16-15-14(12-5-7-13(19)8-6-12)10-24-17(15)22-18(20)21-16/h5-8,10-11H,2-4,9H2,1H3. The van der Waals surface area contributed by atoms with Crippen LogP contribution in [0.25, 0.3) is 21.3 Å². The van der Waals surface area contributed by atoms with Gasteiger partial charge in [0.2, 0.25) is 5.28 Å². The minimum Gasteiger partial charge on any atom is -0.353 e. The first-order valence-electron chi connectivity index (χ1n) is 8.11. The van der Waals surface area contributed by atoms with Crippen molar-refractivity contribution in [1.29, 1.82) is 0 Å². The van der Waals surface area contributed by atoms with Crippen LogP contribution in [-0.4, -0.2) is 22.6 Å². The van der Waals surface area contributed by atoms with Crippen molar-refractivity contribution in [2.45, 2.75) is 32.2 Å². The number of halogens is 2. The van der Waals surface area contributed by atoms with Crippen molar-refractivity contribution in [3.8, 4) is 11.1 Å². The topological polar surface area (TPSA) is 29.0 Å². The van der Waals surface area contributed by atoms with Crippen LogP contribution in [0, 0.1) is 0 Å². The molecule has 6 heteroatoms. The van der Waals surface area contributed by atoms with Crippen LogP contribution >= 0.6 is 34.5 Å². The van der Waals surface area contributed by atoms with Crippen LogP contribution in [0.4, 0.5) is 5.82 Å². The van der Waals surface area contributed by atoms with Crippen LogP contribution in [0.2, 0.25) is 10.3 Å². The van der Waals surface area contributed by atoms with Crippen molar-refractivity contribution < 1.29 is 0 Å². The third-order valence-corrected chi connectivity index (χ3v) is 5.91. The summed E-state index contributed by atoms with van der Waals surface area (Å²) in [5, 5.41) is 4.29. The molecule has 24 heavy (non-hydrogen) atoms. The molecule has 3 nitrogen and oxygen atoms in total. The Labute approximate surface area is 155 Å². The number of hydrogen-bond acceptors (Lipinski definition) is 4. The number of piperidine rings is 1. The molecule has 0 N–H and O–H groups in total. The van der Waals surface area contributed by atoms with Crippen LogP contribution in [-0.2, 0) is 0 Å². The summed E-state index contributed by atoms with van der Waals surface area (Å²) in [4.78, 5) is 12.4. The van der Waals surface area contributed by atoms with Gasteiger partial charge in [-0.05, 0) is 55.5 Å². The minimum atomic E-state index is 0.319. The van der Waals surface area contributed by atoms with Crippen molar-refractivity contribution in [2.24, 2.45) is 0 Å². The molecule has 0 bridgehead atoms. The number of benzene rings is 1. The van der Waals surface area contributed by atoms with Crippen molar-refractivity contribution in [2.75, 3.05) is 11.4 Å². The average Bonchev–Trinajstić information content (AvgIpc) is 2.99. The van der Waals surface area contributed by atoms with E-state index in [1.54, 1.807) is 11.3 Å². The molecule has 1 atom stereocenters. The Balaban J connectivity index is 1.92. The van der Waals surface area contributed by atoms with Crippen LogP contribution < -0.4 is 4.90 Å². The molecule has 2 aromatic heterocycles. The molecule has 0 aliphatic carbocycles. The maximum atomic E-state index is 6.21. The Hall–Kier alpha value is -1.36. The van der Waals surface area contributed by atoms with E-state index in [4.69, 9.17) is 23.2 Å². The highest BCUT2D eigenvalue weighted by Gasteiger charge is 2.25. The Bertz CT molecular complexity index is 876. The van der Waals surface area contributed by atoms with Crippen LogP contribution in [0.5, 0.6) is 0 Å². The molecule has 1 aromatic carbocycles. The predicted octanol–water partition coefficient (Wildman–Crippen LogP) is 6.04. The van der Waals surface area contributed by atoms with Gasteiger partial charge in [-0.3, -0.25) is 0 Å². The monoisotopic (exact) mass is 377 g/mol. The minimum absolute atomic E-state index is 0.319. The first-order chi connectivity index (χ1) is 11.6. The van der Waals surface area contributed by atoms with Crippen molar-refractivity contribution in [3.05, 3.63) is 40.0 Å². The summed E-state index contributed by atoms with van der Waals surface area (Å²) in [6.45, 7) is 3.27. The van der Waals surface area contributed by atoms with Gasteiger partial charge in [-0.2, -0.15) is 4.98 Å². The zero-order valence-electron chi connectivity index (χ0n) is 13.3. The van der Waals surface area contributed by atoms with E-state index in [2.05, 4.69) is 27.2 Å². The van der Waals surface area contributed by atoms with E-state index in [0.29, 0.717) is 11.3 Å². The first-order valence-corrected chi connectivity index (χ1v) is 9.74. The molecule has 0 spiro atoms. The van der Waals surface area contributed by atoms with Crippen LogP contribution in [0.15, 0.2) is 29.6 Å². The maximum Gasteiger partial charge on any atom is 0.225 e. The lowest BCUT2D eigenvalue weighted by atomic mass is 10.0. The largest absolute Gasteiger partial charge is 0.353 e. The zero-order valence-corrected chi connectivity index (χ0v) is 15.6. The van der Waals surface area contributed by atoms with Crippen molar-refractivity contribution in [3.63, 3.8) is 0 Å². The number of hydrogen-bond donors (Lipinski definition) is 0. The summed E-state index contributed by atoms with van der Waals surface area (Å²) >= 11 is 13.9. The van der Waals surface area contributed by atoms with Gasteiger partial charge in [0, 0.05) is 28.6 Å². The highest BCUT2D eigenvalue weighted by atomic mass is 35.5. The van der Waals surface area contributed by atoms with Gasteiger partial charge in [0.25, 0.3) is 0 Å². The fraction of sp³-hybridized carbons (Fsp3) is 0.333. The summed E-state index contributed by atoms with van der Waals surface area (Å²) in [5.41, 5.74) is 2.28. The average molecular weight is 378 g/mol. The molecule has 1 fully saturated rings. The fourth-order valence-electron chi connectivity index (χ4n) is 3.36. The van der Waals surface area contributed by atoms with E-state index >= 15 is 0 Å². The number of aromatic nitrogens is 2. The van der Waals surface area contributed by atoms with Gasteiger partial charge in [0.05, 0.1) is 5.39 Å². The van der Waals surface area contributed by atoms with E-state index < -0.39 is 0 Å². The number of nitrogens with zero attached hydrogens (tertiary/aromatic N) is 3. The Kier molecular flexibility index (Phi) is 4.37. The lowest BCUT2D eigenvalue weighted by Crippen LogP contribution is -2.38. The highest BCUT2D eigenvalue weighted by molar-refractivity contribution is 7.17. The van der Waals surface area contributed by atoms with E-state index in [0.717, 1.165) is 38.7 Å². The van der Waals surface area contributed by atoms with Gasteiger partial charge < -0.3 is 4.90 Å². The third-order valence-electron chi connectivity index (χ3n) is 4.62. The second-order valence-corrected chi connectivity index (χ2v) is 7.82. The van der Waals surface area contributed by atoms with Gasteiger partial charge in [0.1, 0.15) is 10.6 Å². The fourth-order valence-corrected chi connectivity index (χ4v) is 4.64. The Morgan fingerprint density at radius 3 is 2.67 bits per heavy atom. The molecule has 4 rings (SSSR count). The van der Waals surface area contributed by atoms with E-state index in [-0.39, 0.29) is 0 Å². The van der Waals surface area contributed by atoms with Gasteiger partial charge in [-0.1, -0.05) is 23.7 Å².